The minimum atomic E-state index is 0.159. The maximum atomic E-state index is 6.18. The zero-order valence-corrected chi connectivity index (χ0v) is 15.0. The van der Waals surface area contributed by atoms with E-state index in [2.05, 4.69) is 50.6 Å². The van der Waals surface area contributed by atoms with Gasteiger partial charge in [-0.15, -0.1) is 0 Å². The molecule has 0 atom stereocenters. The van der Waals surface area contributed by atoms with E-state index in [1.807, 2.05) is 12.1 Å². The molecule has 112 valence electrons. The van der Waals surface area contributed by atoms with Gasteiger partial charge in [0.25, 0.3) is 0 Å². The molecule has 0 aliphatic rings. The lowest BCUT2D eigenvalue weighted by molar-refractivity contribution is 0.586. The van der Waals surface area contributed by atoms with Gasteiger partial charge in [-0.2, -0.15) is 0 Å². The summed E-state index contributed by atoms with van der Waals surface area (Å²) >= 11 is 13.7. The minimum Gasteiger partial charge on any atom is -0.326 e. The zero-order valence-electron chi connectivity index (χ0n) is 12.6. The molecule has 0 aliphatic heterocycles. The van der Waals surface area contributed by atoms with Crippen molar-refractivity contribution in [2.45, 2.75) is 38.0 Å². The molecule has 0 heterocycles. The molecular formula is C17H19Cl2NS. The highest BCUT2D eigenvalue weighted by molar-refractivity contribution is 8.00. The summed E-state index contributed by atoms with van der Waals surface area (Å²) in [6.45, 7) is 8.82. The van der Waals surface area contributed by atoms with Crippen molar-refractivity contribution in [3.8, 4) is 0 Å². The van der Waals surface area contributed by atoms with Crippen molar-refractivity contribution in [2.75, 3.05) is 4.72 Å². The van der Waals surface area contributed by atoms with E-state index in [1.54, 1.807) is 6.07 Å². The lowest BCUT2D eigenvalue weighted by atomic mass is 9.84. The Labute approximate surface area is 141 Å². The van der Waals surface area contributed by atoms with Gasteiger partial charge >= 0.3 is 0 Å². The van der Waals surface area contributed by atoms with Crippen molar-refractivity contribution < 1.29 is 0 Å². The SMILES string of the molecule is Cc1cc(NSc2cccc(Cl)c2Cl)ccc1C(C)(C)C. The smallest absolute Gasteiger partial charge is 0.0745 e. The standard InChI is InChI=1S/C17H19Cl2NS/c1-11-10-12(8-9-13(11)17(2,3)4)20-21-15-7-5-6-14(18)16(15)19/h5-10,20H,1-4H3. The molecule has 0 unspecified atom stereocenters. The molecule has 0 fully saturated rings. The van der Waals surface area contributed by atoms with Crippen LogP contribution in [0.3, 0.4) is 0 Å². The first kappa shape index (κ1) is 16.5. The number of hydrogen-bond acceptors (Lipinski definition) is 2. The van der Waals surface area contributed by atoms with Crippen LogP contribution in [-0.4, -0.2) is 0 Å². The molecule has 0 bridgehead atoms. The van der Waals surface area contributed by atoms with Gasteiger partial charge < -0.3 is 4.72 Å². The Morgan fingerprint density at radius 1 is 1.05 bits per heavy atom. The van der Waals surface area contributed by atoms with Crippen molar-refractivity contribution >= 4 is 40.8 Å². The van der Waals surface area contributed by atoms with E-state index in [-0.39, 0.29) is 5.41 Å². The van der Waals surface area contributed by atoms with Crippen molar-refractivity contribution in [3.63, 3.8) is 0 Å². The van der Waals surface area contributed by atoms with Gasteiger partial charge in [0.1, 0.15) is 0 Å². The van der Waals surface area contributed by atoms with Gasteiger partial charge in [-0.25, -0.2) is 0 Å². The average Bonchev–Trinajstić information content (AvgIpc) is 2.39. The van der Waals surface area contributed by atoms with Gasteiger partial charge in [0.2, 0.25) is 0 Å². The van der Waals surface area contributed by atoms with Crippen molar-refractivity contribution in [1.29, 1.82) is 0 Å². The molecule has 0 saturated carbocycles. The van der Waals surface area contributed by atoms with Crippen molar-refractivity contribution in [3.05, 3.63) is 57.6 Å². The molecular weight excluding hydrogens is 321 g/mol. The first-order valence-corrected chi connectivity index (χ1v) is 8.34. The first-order valence-electron chi connectivity index (χ1n) is 6.77. The highest BCUT2D eigenvalue weighted by Gasteiger charge is 2.16. The Morgan fingerprint density at radius 3 is 2.38 bits per heavy atom. The summed E-state index contributed by atoms with van der Waals surface area (Å²) in [6, 6.07) is 12.1. The molecule has 0 radical (unpaired) electrons. The summed E-state index contributed by atoms with van der Waals surface area (Å²) in [4.78, 5) is 0.918. The fourth-order valence-electron chi connectivity index (χ4n) is 2.25. The van der Waals surface area contributed by atoms with Crippen LogP contribution in [0.4, 0.5) is 5.69 Å². The Morgan fingerprint density at radius 2 is 1.76 bits per heavy atom. The molecule has 2 aromatic carbocycles. The van der Waals surface area contributed by atoms with Gasteiger partial charge in [-0.05, 0) is 59.7 Å². The largest absolute Gasteiger partial charge is 0.326 e. The first-order chi connectivity index (χ1) is 9.79. The Balaban J connectivity index is 2.14. The number of rotatable bonds is 3. The van der Waals surface area contributed by atoms with Crippen LogP contribution >= 0.6 is 35.1 Å². The average molecular weight is 340 g/mol. The van der Waals surface area contributed by atoms with Gasteiger partial charge in [0.05, 0.1) is 10.0 Å². The van der Waals surface area contributed by atoms with Gasteiger partial charge in [0.15, 0.2) is 0 Å². The molecule has 0 saturated heterocycles. The summed E-state index contributed by atoms with van der Waals surface area (Å²) in [5.74, 6) is 0. The lowest BCUT2D eigenvalue weighted by Gasteiger charge is -2.22. The fraction of sp³-hybridized carbons (Fsp3) is 0.294. The molecule has 0 aliphatic carbocycles. The number of hydrogen-bond donors (Lipinski definition) is 1. The van der Waals surface area contributed by atoms with E-state index in [4.69, 9.17) is 23.2 Å². The van der Waals surface area contributed by atoms with Crippen molar-refractivity contribution in [1.82, 2.24) is 0 Å². The van der Waals surface area contributed by atoms with Crippen LogP contribution in [0.2, 0.25) is 10.0 Å². The maximum Gasteiger partial charge on any atom is 0.0745 e. The molecule has 0 spiro atoms. The summed E-state index contributed by atoms with van der Waals surface area (Å²) < 4.78 is 3.32. The molecule has 2 rings (SSSR count). The third-order valence-corrected chi connectivity index (χ3v) is 5.06. The van der Waals surface area contributed by atoms with E-state index in [9.17, 15) is 0 Å². The predicted molar refractivity (Wildman–Crippen MR) is 95.8 cm³/mol. The second kappa shape index (κ2) is 6.51. The lowest BCUT2D eigenvalue weighted by Crippen LogP contribution is -2.12. The third-order valence-electron chi connectivity index (χ3n) is 3.23. The molecule has 4 heteroatoms. The fourth-order valence-corrected chi connectivity index (χ4v) is 3.42. The maximum absolute atomic E-state index is 6.18. The number of aryl methyl sites for hydroxylation is 1. The van der Waals surface area contributed by atoms with E-state index < -0.39 is 0 Å². The highest BCUT2D eigenvalue weighted by atomic mass is 35.5. The number of benzene rings is 2. The Bertz CT molecular complexity index is 648. The van der Waals surface area contributed by atoms with Crippen LogP contribution in [0.5, 0.6) is 0 Å². The van der Waals surface area contributed by atoms with Crippen LogP contribution in [0.1, 0.15) is 31.9 Å². The summed E-state index contributed by atoms with van der Waals surface area (Å²) in [7, 11) is 0. The molecule has 1 N–H and O–H groups in total. The van der Waals surface area contributed by atoms with E-state index in [0.717, 1.165) is 10.6 Å². The van der Waals surface area contributed by atoms with Gasteiger partial charge in [-0.1, -0.05) is 56.1 Å². The van der Waals surface area contributed by atoms with Crippen LogP contribution < -0.4 is 4.72 Å². The van der Waals surface area contributed by atoms with E-state index >= 15 is 0 Å². The molecule has 0 amide bonds. The Hall–Kier alpha value is -0.830. The van der Waals surface area contributed by atoms with Crippen LogP contribution in [0.15, 0.2) is 41.3 Å². The second-order valence-electron chi connectivity index (χ2n) is 6.04. The van der Waals surface area contributed by atoms with E-state index in [0.29, 0.717) is 10.0 Å². The van der Waals surface area contributed by atoms with Gasteiger partial charge in [-0.3, -0.25) is 0 Å². The quantitative estimate of drug-likeness (QED) is 0.623. The number of anilines is 1. The van der Waals surface area contributed by atoms with E-state index in [1.165, 1.54) is 23.1 Å². The minimum absolute atomic E-state index is 0.159. The zero-order chi connectivity index (χ0) is 15.6. The topological polar surface area (TPSA) is 12.0 Å². The third kappa shape index (κ3) is 4.09. The monoisotopic (exact) mass is 339 g/mol. The van der Waals surface area contributed by atoms with Crippen LogP contribution in [0.25, 0.3) is 0 Å². The summed E-state index contributed by atoms with van der Waals surface area (Å²) in [6.07, 6.45) is 0. The molecule has 21 heavy (non-hydrogen) atoms. The van der Waals surface area contributed by atoms with Crippen LogP contribution in [-0.2, 0) is 5.41 Å². The van der Waals surface area contributed by atoms with Crippen molar-refractivity contribution in [2.24, 2.45) is 0 Å². The molecule has 1 nitrogen and oxygen atoms in total. The molecule has 0 aromatic heterocycles. The van der Waals surface area contributed by atoms with Gasteiger partial charge in [0, 0.05) is 10.6 Å². The second-order valence-corrected chi connectivity index (χ2v) is 7.67. The number of nitrogens with one attached hydrogen (secondary N) is 1. The normalized spacial score (nSPS) is 11.5. The predicted octanol–water partition coefficient (Wildman–Crippen LogP) is 6.72. The summed E-state index contributed by atoms with van der Waals surface area (Å²) in [5, 5.41) is 1.16. The Kier molecular flexibility index (Phi) is 5.13. The van der Waals surface area contributed by atoms with Crippen LogP contribution in [0, 0.1) is 6.92 Å². The highest BCUT2D eigenvalue weighted by Crippen LogP contribution is 2.34. The number of halogens is 2. The molecule has 2 aromatic rings. The summed E-state index contributed by atoms with van der Waals surface area (Å²) in [5.41, 5.74) is 3.86.